The summed E-state index contributed by atoms with van der Waals surface area (Å²) < 4.78 is 0. The van der Waals surface area contributed by atoms with E-state index in [-0.39, 0.29) is 6.04 Å². The topological polar surface area (TPSA) is 77.6 Å². The number of rotatable bonds is 6. The molecule has 0 aliphatic carbocycles. The molecule has 1 atom stereocenters. The summed E-state index contributed by atoms with van der Waals surface area (Å²) in [7, 11) is 0. The lowest BCUT2D eigenvalue weighted by Gasteiger charge is -2.40. The molecule has 2 aromatic carbocycles. The molecule has 0 bridgehead atoms. The van der Waals surface area contributed by atoms with Gasteiger partial charge < -0.3 is 15.5 Å². The fourth-order valence-corrected chi connectivity index (χ4v) is 4.06. The number of hydrogen-bond acceptors (Lipinski definition) is 5. The Morgan fingerprint density at radius 1 is 0.909 bits per heavy atom. The summed E-state index contributed by atoms with van der Waals surface area (Å²) >= 11 is 0. The van der Waals surface area contributed by atoms with Gasteiger partial charge >= 0.3 is 11.8 Å². The Bertz CT molecular complexity index is 1050. The minimum absolute atomic E-state index is 0.0623. The van der Waals surface area contributed by atoms with Gasteiger partial charge in [-0.05, 0) is 42.8 Å². The number of piperazine rings is 1. The number of pyridine rings is 1. The number of hydrogen-bond donors (Lipinski definition) is 2. The zero-order chi connectivity index (χ0) is 23.0. The summed E-state index contributed by atoms with van der Waals surface area (Å²) in [6.45, 7) is 5.78. The first-order valence-corrected chi connectivity index (χ1v) is 11.2. The fourth-order valence-electron chi connectivity index (χ4n) is 4.06. The van der Waals surface area contributed by atoms with E-state index in [0.29, 0.717) is 12.2 Å². The zero-order valence-corrected chi connectivity index (χ0v) is 18.8. The smallest absolute Gasteiger partial charge is 0.313 e. The van der Waals surface area contributed by atoms with E-state index in [2.05, 4.69) is 49.7 Å². The van der Waals surface area contributed by atoms with Crippen molar-refractivity contribution in [2.75, 3.05) is 42.9 Å². The van der Waals surface area contributed by atoms with Crippen LogP contribution in [0.25, 0.3) is 0 Å². The van der Waals surface area contributed by atoms with Crippen molar-refractivity contribution in [3.05, 3.63) is 90.3 Å². The van der Waals surface area contributed by atoms with Crippen molar-refractivity contribution in [2.24, 2.45) is 0 Å². The first kappa shape index (κ1) is 22.5. The summed E-state index contributed by atoms with van der Waals surface area (Å²) in [6, 6.07) is 21.6. The molecule has 0 spiro atoms. The lowest BCUT2D eigenvalue weighted by molar-refractivity contribution is -0.136. The number of amides is 2. The number of aromatic nitrogens is 1. The second kappa shape index (κ2) is 10.7. The summed E-state index contributed by atoms with van der Waals surface area (Å²) in [6.07, 6.45) is 3.56. The number of para-hydroxylation sites is 1. The van der Waals surface area contributed by atoms with Crippen LogP contribution >= 0.6 is 0 Å². The largest absolute Gasteiger partial charge is 0.369 e. The van der Waals surface area contributed by atoms with Crippen molar-refractivity contribution in [3.8, 4) is 0 Å². The first-order chi connectivity index (χ1) is 16.1. The Balaban J connectivity index is 1.38. The summed E-state index contributed by atoms with van der Waals surface area (Å²) in [5.41, 5.74) is 3.92. The Morgan fingerprint density at radius 2 is 1.64 bits per heavy atom. The van der Waals surface area contributed by atoms with E-state index in [9.17, 15) is 9.59 Å². The van der Waals surface area contributed by atoms with Gasteiger partial charge in [0.1, 0.15) is 0 Å². The molecule has 33 heavy (non-hydrogen) atoms. The fraction of sp³-hybridized carbons (Fsp3) is 0.269. The van der Waals surface area contributed by atoms with E-state index in [1.54, 1.807) is 18.3 Å². The van der Waals surface area contributed by atoms with E-state index in [4.69, 9.17) is 0 Å². The van der Waals surface area contributed by atoms with Crippen molar-refractivity contribution >= 4 is 23.2 Å². The molecule has 170 valence electrons. The van der Waals surface area contributed by atoms with Gasteiger partial charge in [-0.2, -0.15) is 0 Å². The number of nitrogens with zero attached hydrogens (tertiary/aromatic N) is 3. The Morgan fingerprint density at radius 3 is 2.30 bits per heavy atom. The molecular formula is C26H29N5O2. The minimum Gasteiger partial charge on any atom is -0.369 e. The summed E-state index contributed by atoms with van der Waals surface area (Å²) in [5.74, 6) is -1.31. The number of aryl methyl sites for hydroxylation is 1. The van der Waals surface area contributed by atoms with Gasteiger partial charge in [0.25, 0.3) is 0 Å². The molecule has 2 amide bonds. The predicted octanol–water partition coefficient (Wildman–Crippen LogP) is 3.01. The quantitative estimate of drug-likeness (QED) is 0.573. The van der Waals surface area contributed by atoms with Crippen LogP contribution in [-0.4, -0.2) is 54.4 Å². The number of carbonyl (C=O) groups excluding carboxylic acids is 2. The average Bonchev–Trinajstić information content (AvgIpc) is 2.87. The van der Waals surface area contributed by atoms with E-state index in [1.807, 2.05) is 43.5 Å². The molecule has 7 heteroatoms. The molecule has 7 nitrogen and oxygen atoms in total. The van der Waals surface area contributed by atoms with Crippen LogP contribution in [-0.2, 0) is 9.59 Å². The molecule has 3 aromatic rings. The van der Waals surface area contributed by atoms with Crippen molar-refractivity contribution in [2.45, 2.75) is 13.0 Å². The molecule has 1 fully saturated rings. The van der Waals surface area contributed by atoms with Gasteiger partial charge in [-0.25, -0.2) is 0 Å². The lowest BCUT2D eigenvalue weighted by atomic mass is 10.1. The van der Waals surface area contributed by atoms with Crippen molar-refractivity contribution in [1.29, 1.82) is 0 Å². The maximum atomic E-state index is 12.5. The van der Waals surface area contributed by atoms with Crippen LogP contribution in [0.5, 0.6) is 0 Å². The minimum atomic E-state index is -0.669. The second-order valence-corrected chi connectivity index (χ2v) is 8.19. The van der Waals surface area contributed by atoms with Gasteiger partial charge in [-0.3, -0.25) is 19.5 Å². The molecule has 0 radical (unpaired) electrons. The van der Waals surface area contributed by atoms with E-state index in [0.717, 1.165) is 37.3 Å². The van der Waals surface area contributed by atoms with Crippen LogP contribution in [0.3, 0.4) is 0 Å². The first-order valence-electron chi connectivity index (χ1n) is 11.2. The lowest BCUT2D eigenvalue weighted by Crippen LogP contribution is -2.50. The van der Waals surface area contributed by atoms with Crippen LogP contribution in [0.2, 0.25) is 0 Å². The van der Waals surface area contributed by atoms with Gasteiger partial charge in [0.15, 0.2) is 0 Å². The van der Waals surface area contributed by atoms with Gasteiger partial charge in [-0.1, -0.05) is 42.0 Å². The maximum Gasteiger partial charge on any atom is 0.313 e. The molecule has 1 saturated heterocycles. The zero-order valence-electron chi connectivity index (χ0n) is 18.8. The highest BCUT2D eigenvalue weighted by Crippen LogP contribution is 2.23. The molecule has 1 aliphatic rings. The van der Waals surface area contributed by atoms with Crippen LogP contribution in [0.4, 0.5) is 11.4 Å². The molecule has 0 saturated carbocycles. The van der Waals surface area contributed by atoms with Crippen molar-refractivity contribution in [3.63, 3.8) is 0 Å². The maximum absolute atomic E-state index is 12.5. The van der Waals surface area contributed by atoms with Crippen molar-refractivity contribution in [1.82, 2.24) is 15.2 Å². The summed E-state index contributed by atoms with van der Waals surface area (Å²) in [4.78, 5) is 33.8. The SMILES string of the molecule is Cc1ccc(NC(=O)C(=O)NC[C@H](c2cccnc2)N2CCN(c3ccccc3)CC2)cc1. The Kier molecular flexibility index (Phi) is 7.32. The number of nitrogens with one attached hydrogen (secondary N) is 2. The van der Waals surface area contributed by atoms with E-state index < -0.39 is 11.8 Å². The highest BCUT2D eigenvalue weighted by molar-refractivity contribution is 6.39. The van der Waals surface area contributed by atoms with E-state index in [1.165, 1.54) is 5.69 Å². The van der Waals surface area contributed by atoms with E-state index >= 15 is 0 Å². The number of anilines is 2. The van der Waals surface area contributed by atoms with Crippen LogP contribution in [0.1, 0.15) is 17.2 Å². The normalized spacial score (nSPS) is 15.0. The molecule has 2 heterocycles. The molecular weight excluding hydrogens is 414 g/mol. The van der Waals surface area contributed by atoms with Crippen LogP contribution < -0.4 is 15.5 Å². The molecule has 1 aliphatic heterocycles. The van der Waals surface area contributed by atoms with Gasteiger partial charge in [0, 0.05) is 56.5 Å². The van der Waals surface area contributed by atoms with Gasteiger partial charge in [0.2, 0.25) is 0 Å². The third-order valence-electron chi connectivity index (χ3n) is 5.92. The van der Waals surface area contributed by atoms with Crippen LogP contribution in [0.15, 0.2) is 79.1 Å². The monoisotopic (exact) mass is 443 g/mol. The number of benzene rings is 2. The van der Waals surface area contributed by atoms with Gasteiger partial charge in [-0.15, -0.1) is 0 Å². The molecule has 1 aromatic heterocycles. The Labute approximate surface area is 194 Å². The highest BCUT2D eigenvalue weighted by atomic mass is 16.2. The average molecular weight is 444 g/mol. The molecule has 2 N–H and O–H groups in total. The molecule has 4 rings (SSSR count). The summed E-state index contributed by atoms with van der Waals surface area (Å²) in [5, 5.41) is 5.47. The standard InChI is InChI=1S/C26H29N5O2/c1-20-9-11-22(12-10-20)29-26(33)25(32)28-19-24(21-6-5-13-27-18-21)31-16-14-30(15-17-31)23-7-3-2-4-8-23/h2-13,18,24H,14-17,19H2,1H3,(H,28,32)(H,29,33)/t24-/m1/s1. The third kappa shape index (κ3) is 5.96. The van der Waals surface area contributed by atoms with Crippen molar-refractivity contribution < 1.29 is 9.59 Å². The number of carbonyl (C=O) groups is 2. The predicted molar refractivity (Wildman–Crippen MR) is 130 cm³/mol. The Hall–Kier alpha value is -3.71. The second-order valence-electron chi connectivity index (χ2n) is 8.19. The third-order valence-corrected chi connectivity index (χ3v) is 5.92. The molecule has 0 unspecified atom stereocenters. The highest BCUT2D eigenvalue weighted by Gasteiger charge is 2.26. The van der Waals surface area contributed by atoms with Gasteiger partial charge in [0.05, 0.1) is 6.04 Å². The van der Waals surface area contributed by atoms with Crippen LogP contribution in [0, 0.1) is 6.92 Å².